The monoisotopic (exact) mass is 179 g/mol. The summed E-state index contributed by atoms with van der Waals surface area (Å²) >= 11 is 1.54. The van der Waals surface area contributed by atoms with Crippen molar-refractivity contribution in [3.63, 3.8) is 0 Å². The van der Waals surface area contributed by atoms with Crippen LogP contribution in [0.3, 0.4) is 0 Å². The molecule has 2 nitrogen and oxygen atoms in total. The van der Waals surface area contributed by atoms with E-state index in [4.69, 9.17) is 0 Å². The first-order valence-corrected chi connectivity index (χ1v) is 4.67. The van der Waals surface area contributed by atoms with E-state index in [1.165, 1.54) is 10.5 Å². The van der Waals surface area contributed by atoms with Gasteiger partial charge in [0.2, 0.25) is 0 Å². The summed E-state index contributed by atoms with van der Waals surface area (Å²) in [5, 5.41) is 0. The first-order valence-electron chi connectivity index (χ1n) is 3.86. The highest BCUT2D eigenvalue weighted by atomic mass is 32.2. The van der Waals surface area contributed by atoms with Crippen molar-refractivity contribution in [3.05, 3.63) is 29.8 Å². The molecule has 12 heavy (non-hydrogen) atoms. The number of rotatable bonds is 1. The van der Waals surface area contributed by atoms with E-state index in [1.807, 2.05) is 12.1 Å². The Balaban J connectivity index is 2.28. The molecule has 1 aromatic carbocycles. The maximum absolute atomic E-state index is 10.5. The minimum absolute atomic E-state index is 0.0232. The highest BCUT2D eigenvalue weighted by Crippen LogP contribution is 2.25. The SMILES string of the molecule is O=CC1Cc2ccccc2SN1. The zero-order chi connectivity index (χ0) is 8.39. The van der Waals surface area contributed by atoms with E-state index in [0.29, 0.717) is 0 Å². The second-order valence-corrected chi connectivity index (χ2v) is 3.65. The highest BCUT2D eigenvalue weighted by Gasteiger charge is 2.16. The number of fused-ring (bicyclic) bond motifs is 1. The van der Waals surface area contributed by atoms with Crippen LogP contribution in [0.4, 0.5) is 0 Å². The molecular weight excluding hydrogens is 170 g/mol. The van der Waals surface area contributed by atoms with Crippen LogP contribution in [0.2, 0.25) is 0 Å². The summed E-state index contributed by atoms with van der Waals surface area (Å²) in [6.45, 7) is 0. The van der Waals surface area contributed by atoms with Crippen LogP contribution >= 0.6 is 11.9 Å². The van der Waals surface area contributed by atoms with E-state index in [2.05, 4.69) is 16.9 Å². The third-order valence-corrected chi connectivity index (χ3v) is 2.94. The summed E-state index contributed by atoms with van der Waals surface area (Å²) in [6, 6.07) is 8.12. The Morgan fingerprint density at radius 3 is 3.17 bits per heavy atom. The summed E-state index contributed by atoms with van der Waals surface area (Å²) < 4.78 is 3.07. The summed E-state index contributed by atoms with van der Waals surface area (Å²) in [4.78, 5) is 11.7. The van der Waals surface area contributed by atoms with Gasteiger partial charge in [-0.05, 0) is 30.0 Å². The molecule has 1 atom stereocenters. The van der Waals surface area contributed by atoms with Gasteiger partial charge in [-0.2, -0.15) is 0 Å². The Kier molecular flexibility index (Phi) is 2.15. The van der Waals surface area contributed by atoms with Gasteiger partial charge in [-0.3, -0.25) is 0 Å². The Hall–Kier alpha value is -0.800. The van der Waals surface area contributed by atoms with Crippen LogP contribution in [0.1, 0.15) is 5.56 Å². The highest BCUT2D eigenvalue weighted by molar-refractivity contribution is 7.97. The summed E-state index contributed by atoms with van der Waals surface area (Å²) in [5.74, 6) is 0. The van der Waals surface area contributed by atoms with Gasteiger partial charge in [0.05, 0.1) is 6.04 Å². The predicted octanol–water partition coefficient (Wildman–Crippen LogP) is 1.41. The number of hydrogen-bond acceptors (Lipinski definition) is 3. The number of hydrogen-bond donors (Lipinski definition) is 1. The molecule has 0 spiro atoms. The van der Waals surface area contributed by atoms with Crippen LogP contribution in [0.25, 0.3) is 0 Å². The van der Waals surface area contributed by atoms with Gasteiger partial charge in [0.25, 0.3) is 0 Å². The Labute approximate surface area is 75.5 Å². The summed E-state index contributed by atoms with van der Waals surface area (Å²) in [6.07, 6.45) is 1.77. The lowest BCUT2D eigenvalue weighted by atomic mass is 10.1. The zero-order valence-electron chi connectivity index (χ0n) is 6.49. The molecule has 0 aromatic heterocycles. The van der Waals surface area contributed by atoms with Crippen molar-refractivity contribution in [2.75, 3.05) is 0 Å². The van der Waals surface area contributed by atoms with E-state index in [0.717, 1.165) is 12.7 Å². The minimum atomic E-state index is -0.0232. The lowest BCUT2D eigenvalue weighted by Gasteiger charge is -2.20. The second kappa shape index (κ2) is 3.29. The second-order valence-electron chi connectivity index (χ2n) is 2.77. The van der Waals surface area contributed by atoms with E-state index < -0.39 is 0 Å². The molecule has 0 fully saturated rings. The molecule has 1 aromatic rings. The normalized spacial score (nSPS) is 21.5. The van der Waals surface area contributed by atoms with Crippen molar-refractivity contribution in [2.24, 2.45) is 0 Å². The summed E-state index contributed by atoms with van der Waals surface area (Å²) in [7, 11) is 0. The van der Waals surface area contributed by atoms with Gasteiger partial charge < -0.3 is 4.79 Å². The first kappa shape index (κ1) is 7.83. The van der Waals surface area contributed by atoms with Gasteiger partial charge in [0.1, 0.15) is 6.29 Å². The van der Waals surface area contributed by atoms with Crippen LogP contribution in [-0.4, -0.2) is 12.3 Å². The molecule has 0 saturated carbocycles. The number of benzene rings is 1. The van der Waals surface area contributed by atoms with Crippen molar-refractivity contribution in [3.8, 4) is 0 Å². The van der Waals surface area contributed by atoms with Crippen LogP contribution in [0, 0.1) is 0 Å². The van der Waals surface area contributed by atoms with Gasteiger partial charge >= 0.3 is 0 Å². The molecule has 1 heterocycles. The summed E-state index contributed by atoms with van der Waals surface area (Å²) in [5.41, 5.74) is 1.26. The standard InChI is InChI=1S/C9H9NOS/c11-6-8-5-7-3-1-2-4-9(7)12-10-8/h1-4,6,8,10H,5H2. The lowest BCUT2D eigenvalue weighted by molar-refractivity contribution is -0.109. The van der Waals surface area contributed by atoms with Crippen molar-refractivity contribution in [1.82, 2.24) is 4.72 Å². The fourth-order valence-corrected chi connectivity index (χ4v) is 2.11. The number of carbonyl (C=O) groups is 1. The molecule has 2 rings (SSSR count). The van der Waals surface area contributed by atoms with Crippen molar-refractivity contribution >= 4 is 18.2 Å². The number of nitrogens with one attached hydrogen (secondary N) is 1. The van der Waals surface area contributed by atoms with Gasteiger partial charge in [-0.15, -0.1) is 0 Å². The number of aldehydes is 1. The molecule has 1 unspecified atom stereocenters. The fourth-order valence-electron chi connectivity index (χ4n) is 1.27. The van der Waals surface area contributed by atoms with E-state index in [-0.39, 0.29) is 6.04 Å². The molecule has 1 aliphatic rings. The molecule has 0 radical (unpaired) electrons. The first-order chi connectivity index (χ1) is 5.90. The molecule has 0 bridgehead atoms. The third kappa shape index (κ3) is 1.38. The van der Waals surface area contributed by atoms with Gasteiger partial charge in [-0.1, -0.05) is 18.2 Å². The molecule has 3 heteroatoms. The van der Waals surface area contributed by atoms with Crippen molar-refractivity contribution in [2.45, 2.75) is 17.4 Å². The largest absolute Gasteiger partial charge is 0.302 e. The van der Waals surface area contributed by atoms with E-state index in [9.17, 15) is 4.79 Å². The molecular formula is C9H9NOS. The quantitative estimate of drug-likeness (QED) is 0.522. The average Bonchev–Trinajstić information content (AvgIpc) is 2.17. The smallest absolute Gasteiger partial charge is 0.138 e. The lowest BCUT2D eigenvalue weighted by Crippen LogP contribution is -2.30. The molecule has 0 aliphatic carbocycles. The van der Waals surface area contributed by atoms with Crippen LogP contribution in [-0.2, 0) is 11.2 Å². The van der Waals surface area contributed by atoms with E-state index in [1.54, 1.807) is 11.9 Å². The molecule has 0 saturated heterocycles. The topological polar surface area (TPSA) is 29.1 Å². The zero-order valence-corrected chi connectivity index (χ0v) is 7.30. The maximum Gasteiger partial charge on any atom is 0.138 e. The van der Waals surface area contributed by atoms with E-state index >= 15 is 0 Å². The molecule has 1 aliphatic heterocycles. The third-order valence-electron chi connectivity index (χ3n) is 1.90. The predicted molar refractivity (Wildman–Crippen MR) is 49.0 cm³/mol. The fraction of sp³-hybridized carbons (Fsp3) is 0.222. The Bertz CT molecular complexity index is 300. The Morgan fingerprint density at radius 2 is 2.33 bits per heavy atom. The van der Waals surface area contributed by atoms with Gasteiger partial charge in [0, 0.05) is 4.90 Å². The van der Waals surface area contributed by atoms with Gasteiger partial charge in [-0.25, -0.2) is 4.72 Å². The molecule has 1 N–H and O–H groups in total. The van der Waals surface area contributed by atoms with Gasteiger partial charge in [0.15, 0.2) is 0 Å². The average molecular weight is 179 g/mol. The molecule has 0 amide bonds. The number of carbonyl (C=O) groups excluding carboxylic acids is 1. The maximum atomic E-state index is 10.5. The van der Waals surface area contributed by atoms with Crippen LogP contribution in [0.5, 0.6) is 0 Å². The van der Waals surface area contributed by atoms with Crippen molar-refractivity contribution in [1.29, 1.82) is 0 Å². The molecule has 62 valence electrons. The minimum Gasteiger partial charge on any atom is -0.302 e. The van der Waals surface area contributed by atoms with Crippen LogP contribution in [0.15, 0.2) is 29.2 Å². The van der Waals surface area contributed by atoms with Crippen LogP contribution < -0.4 is 4.72 Å². The van der Waals surface area contributed by atoms with Crippen molar-refractivity contribution < 1.29 is 4.79 Å². The Morgan fingerprint density at radius 1 is 1.50 bits per heavy atom.